The molecular formula is C24H22N6O3. The molecule has 166 valence electrons. The van der Waals surface area contributed by atoms with Gasteiger partial charge in [0.1, 0.15) is 18.4 Å². The fraction of sp³-hybridized carbons (Fsp3) is 0.250. The zero-order valence-electron chi connectivity index (χ0n) is 18.0. The Labute approximate surface area is 190 Å². The number of anilines is 3. The number of aliphatic hydroxyl groups excluding tert-OH is 2. The molecule has 3 aromatic rings. The van der Waals surface area contributed by atoms with E-state index in [0.717, 1.165) is 16.8 Å². The van der Waals surface area contributed by atoms with Crippen LogP contribution < -0.4 is 15.4 Å². The minimum Gasteiger partial charge on any atom is -0.489 e. The average Bonchev–Trinajstić information content (AvgIpc) is 3.20. The molecule has 0 unspecified atom stereocenters. The third-order valence-corrected chi connectivity index (χ3v) is 5.57. The largest absolute Gasteiger partial charge is 0.489 e. The fourth-order valence-electron chi connectivity index (χ4n) is 3.74. The Hall–Kier alpha value is -4.18. The van der Waals surface area contributed by atoms with E-state index in [1.807, 2.05) is 13.0 Å². The number of hydrogen-bond acceptors (Lipinski definition) is 9. The van der Waals surface area contributed by atoms with Gasteiger partial charge in [0.25, 0.3) is 0 Å². The Balaban J connectivity index is 1.72. The van der Waals surface area contributed by atoms with Gasteiger partial charge in [-0.25, -0.2) is 9.97 Å². The fourth-order valence-corrected chi connectivity index (χ4v) is 3.74. The molecule has 33 heavy (non-hydrogen) atoms. The highest BCUT2D eigenvalue weighted by Crippen LogP contribution is 2.41. The van der Waals surface area contributed by atoms with Crippen LogP contribution in [0.5, 0.6) is 5.75 Å². The number of nitrogens with one attached hydrogen (secondary N) is 2. The van der Waals surface area contributed by atoms with Gasteiger partial charge < -0.3 is 25.6 Å². The van der Waals surface area contributed by atoms with E-state index < -0.39 is 5.41 Å². The van der Waals surface area contributed by atoms with E-state index in [9.17, 15) is 15.6 Å². The molecule has 0 saturated carbocycles. The van der Waals surface area contributed by atoms with Crippen molar-refractivity contribution in [1.82, 2.24) is 9.97 Å². The SMILES string of the molecule is C[C@]1(CO)CNc2c(C#N)cc(-c3ccnc(Nc4cc(C#N)ccc4OCCO)n3)cc21. The quantitative estimate of drug-likeness (QED) is 0.433. The van der Waals surface area contributed by atoms with Crippen molar-refractivity contribution in [2.75, 3.05) is 37.0 Å². The summed E-state index contributed by atoms with van der Waals surface area (Å²) >= 11 is 0. The van der Waals surface area contributed by atoms with Crippen molar-refractivity contribution in [3.63, 3.8) is 0 Å². The van der Waals surface area contributed by atoms with Crippen molar-refractivity contribution in [2.45, 2.75) is 12.3 Å². The van der Waals surface area contributed by atoms with Crippen molar-refractivity contribution >= 4 is 17.3 Å². The van der Waals surface area contributed by atoms with E-state index in [1.165, 1.54) is 0 Å². The summed E-state index contributed by atoms with van der Waals surface area (Å²) < 4.78 is 5.54. The summed E-state index contributed by atoms with van der Waals surface area (Å²) in [5, 5.41) is 44.2. The second-order valence-corrected chi connectivity index (χ2v) is 7.92. The van der Waals surface area contributed by atoms with Crippen LogP contribution in [0.3, 0.4) is 0 Å². The number of nitriles is 2. The molecular weight excluding hydrogens is 420 g/mol. The molecule has 0 aliphatic carbocycles. The summed E-state index contributed by atoms with van der Waals surface area (Å²) in [5.41, 5.74) is 3.82. The van der Waals surface area contributed by atoms with Gasteiger partial charge in [-0.2, -0.15) is 10.5 Å². The predicted octanol–water partition coefficient (Wildman–Crippen LogP) is 2.68. The van der Waals surface area contributed by atoms with E-state index >= 15 is 0 Å². The summed E-state index contributed by atoms with van der Waals surface area (Å²) in [6.45, 7) is 2.39. The number of aliphatic hydroxyl groups is 2. The van der Waals surface area contributed by atoms with Crippen LogP contribution in [0.1, 0.15) is 23.6 Å². The number of hydrogen-bond donors (Lipinski definition) is 4. The van der Waals surface area contributed by atoms with Gasteiger partial charge in [0.05, 0.1) is 47.5 Å². The number of benzene rings is 2. The summed E-state index contributed by atoms with van der Waals surface area (Å²) in [4.78, 5) is 8.86. The van der Waals surface area contributed by atoms with Crippen LogP contribution in [-0.4, -0.2) is 46.5 Å². The van der Waals surface area contributed by atoms with Gasteiger partial charge in [-0.05, 0) is 42.0 Å². The smallest absolute Gasteiger partial charge is 0.227 e. The molecule has 0 bridgehead atoms. The number of fused-ring (bicyclic) bond motifs is 1. The first kappa shape index (κ1) is 22.0. The predicted molar refractivity (Wildman–Crippen MR) is 122 cm³/mol. The van der Waals surface area contributed by atoms with Crippen molar-refractivity contribution in [3.8, 4) is 29.1 Å². The van der Waals surface area contributed by atoms with Crippen LogP contribution in [-0.2, 0) is 5.41 Å². The molecule has 4 rings (SSSR count). The van der Waals surface area contributed by atoms with Gasteiger partial charge >= 0.3 is 0 Å². The van der Waals surface area contributed by atoms with E-state index in [-0.39, 0.29) is 25.8 Å². The Morgan fingerprint density at radius 2 is 2.03 bits per heavy atom. The van der Waals surface area contributed by atoms with Gasteiger partial charge in [-0.15, -0.1) is 0 Å². The second kappa shape index (κ2) is 9.13. The van der Waals surface area contributed by atoms with E-state index in [2.05, 4.69) is 32.7 Å². The average molecular weight is 442 g/mol. The van der Waals surface area contributed by atoms with Crippen LogP contribution in [0.2, 0.25) is 0 Å². The van der Waals surface area contributed by atoms with Crippen molar-refractivity contribution in [3.05, 3.63) is 59.3 Å². The van der Waals surface area contributed by atoms with Crippen LogP contribution in [0.4, 0.5) is 17.3 Å². The highest BCUT2D eigenvalue weighted by atomic mass is 16.5. The van der Waals surface area contributed by atoms with Crippen molar-refractivity contribution in [1.29, 1.82) is 10.5 Å². The summed E-state index contributed by atoms with van der Waals surface area (Å²) in [6.07, 6.45) is 1.59. The minimum atomic E-state index is -0.498. The van der Waals surface area contributed by atoms with Gasteiger partial charge in [-0.3, -0.25) is 0 Å². The van der Waals surface area contributed by atoms with Gasteiger partial charge in [0.2, 0.25) is 5.95 Å². The Morgan fingerprint density at radius 3 is 2.76 bits per heavy atom. The number of ether oxygens (including phenoxy) is 1. The molecule has 0 saturated heterocycles. The second-order valence-electron chi connectivity index (χ2n) is 7.92. The highest BCUT2D eigenvalue weighted by Gasteiger charge is 2.35. The van der Waals surface area contributed by atoms with E-state index in [0.29, 0.717) is 34.8 Å². The molecule has 1 aliphatic rings. The third kappa shape index (κ3) is 4.28. The zero-order valence-corrected chi connectivity index (χ0v) is 18.0. The lowest BCUT2D eigenvalue weighted by atomic mass is 9.83. The molecule has 4 N–H and O–H groups in total. The monoisotopic (exact) mass is 442 g/mol. The molecule has 1 atom stereocenters. The van der Waals surface area contributed by atoms with Crippen LogP contribution in [0.25, 0.3) is 11.3 Å². The molecule has 0 amide bonds. The van der Waals surface area contributed by atoms with Crippen molar-refractivity contribution in [2.24, 2.45) is 0 Å². The minimum absolute atomic E-state index is 0.0518. The molecule has 2 heterocycles. The normalized spacial score (nSPS) is 16.3. The summed E-state index contributed by atoms with van der Waals surface area (Å²) in [6, 6.07) is 14.6. The van der Waals surface area contributed by atoms with Crippen LogP contribution in [0.15, 0.2) is 42.6 Å². The van der Waals surface area contributed by atoms with Crippen LogP contribution >= 0.6 is 0 Å². The lowest BCUT2D eigenvalue weighted by molar-refractivity contribution is 0.202. The molecule has 9 heteroatoms. The van der Waals surface area contributed by atoms with Gasteiger partial charge in [0.15, 0.2) is 0 Å². The zero-order chi connectivity index (χ0) is 23.4. The first-order valence-corrected chi connectivity index (χ1v) is 10.3. The van der Waals surface area contributed by atoms with E-state index in [4.69, 9.17) is 9.84 Å². The van der Waals surface area contributed by atoms with Gasteiger partial charge in [0, 0.05) is 23.7 Å². The molecule has 9 nitrogen and oxygen atoms in total. The summed E-state index contributed by atoms with van der Waals surface area (Å²) in [7, 11) is 0. The maximum Gasteiger partial charge on any atom is 0.227 e. The highest BCUT2D eigenvalue weighted by molar-refractivity contribution is 5.76. The maximum absolute atomic E-state index is 9.93. The lowest BCUT2D eigenvalue weighted by Gasteiger charge is -2.21. The lowest BCUT2D eigenvalue weighted by Crippen LogP contribution is -2.28. The molecule has 0 fully saturated rings. The first-order valence-electron chi connectivity index (χ1n) is 10.3. The molecule has 1 aromatic heterocycles. The number of aromatic nitrogens is 2. The molecule has 0 radical (unpaired) electrons. The molecule has 2 aromatic carbocycles. The Morgan fingerprint density at radius 1 is 1.18 bits per heavy atom. The number of rotatable bonds is 7. The molecule has 1 aliphatic heterocycles. The Bertz CT molecular complexity index is 1280. The number of nitrogens with zero attached hydrogens (tertiary/aromatic N) is 4. The maximum atomic E-state index is 9.93. The standard InChI is InChI=1S/C24H22N6O3/c1-24(14-32)13-28-22-17(12-26)9-16(10-18(22)24)19-4-5-27-23(29-19)30-20-8-15(11-25)2-3-21(20)33-7-6-31/h2-5,8-10,28,31-32H,6-7,13-14H2,1H3,(H,27,29,30)/t24-/m1/s1. The Kier molecular flexibility index (Phi) is 6.09. The first-order chi connectivity index (χ1) is 16.0. The summed E-state index contributed by atoms with van der Waals surface area (Å²) in [5.74, 6) is 0.727. The van der Waals surface area contributed by atoms with Crippen LogP contribution in [0, 0.1) is 22.7 Å². The van der Waals surface area contributed by atoms with Gasteiger partial charge in [-0.1, -0.05) is 6.92 Å². The van der Waals surface area contributed by atoms with Crippen molar-refractivity contribution < 1.29 is 14.9 Å². The third-order valence-electron chi connectivity index (χ3n) is 5.57. The molecule has 0 spiro atoms. The van der Waals surface area contributed by atoms with E-state index in [1.54, 1.807) is 36.5 Å². The topological polar surface area (TPSA) is 147 Å².